The molecule has 0 spiro atoms. The molecule has 0 bridgehead atoms. The predicted molar refractivity (Wildman–Crippen MR) is 63.5 cm³/mol. The van der Waals surface area contributed by atoms with Gasteiger partial charge >= 0.3 is 0 Å². The summed E-state index contributed by atoms with van der Waals surface area (Å²) in [6.45, 7) is 9.41. The van der Waals surface area contributed by atoms with Gasteiger partial charge in [-0.1, -0.05) is 27.7 Å². The molecule has 0 N–H and O–H groups in total. The van der Waals surface area contributed by atoms with E-state index in [1.165, 1.54) is 0 Å². The smallest absolute Gasteiger partial charge is 0.225 e. The van der Waals surface area contributed by atoms with Gasteiger partial charge in [0.05, 0.1) is 11.5 Å². The first kappa shape index (κ1) is 13.0. The standard InChI is InChI=1S/C13H22N2O/c1-10(2)12(16)15-7-5-6-13(8-14,9-15)11(3)4/h10-11H,5-7,9H2,1-4H3/t13-/m1/s1. The van der Waals surface area contributed by atoms with Crippen LogP contribution >= 0.6 is 0 Å². The van der Waals surface area contributed by atoms with Crippen LogP contribution in [0.3, 0.4) is 0 Å². The van der Waals surface area contributed by atoms with Crippen molar-refractivity contribution in [2.45, 2.75) is 40.5 Å². The molecule has 0 aromatic rings. The van der Waals surface area contributed by atoms with Crippen molar-refractivity contribution >= 4 is 5.91 Å². The molecule has 1 fully saturated rings. The molecule has 1 heterocycles. The second kappa shape index (κ2) is 4.86. The van der Waals surface area contributed by atoms with E-state index in [1.807, 2.05) is 18.7 Å². The van der Waals surface area contributed by atoms with Gasteiger partial charge in [-0.25, -0.2) is 0 Å². The van der Waals surface area contributed by atoms with Crippen molar-refractivity contribution in [2.75, 3.05) is 13.1 Å². The lowest BCUT2D eigenvalue weighted by molar-refractivity contribution is -0.137. The van der Waals surface area contributed by atoms with Crippen LogP contribution in [0, 0.1) is 28.6 Å². The number of piperidine rings is 1. The van der Waals surface area contributed by atoms with Crippen LogP contribution in [0.25, 0.3) is 0 Å². The molecule has 3 heteroatoms. The van der Waals surface area contributed by atoms with Crippen molar-refractivity contribution in [2.24, 2.45) is 17.3 Å². The van der Waals surface area contributed by atoms with E-state index in [1.54, 1.807) is 0 Å². The quantitative estimate of drug-likeness (QED) is 0.720. The first-order chi connectivity index (χ1) is 7.43. The lowest BCUT2D eigenvalue weighted by Crippen LogP contribution is -2.49. The van der Waals surface area contributed by atoms with Gasteiger partial charge in [-0.2, -0.15) is 5.26 Å². The van der Waals surface area contributed by atoms with Crippen LogP contribution in [-0.2, 0) is 4.79 Å². The number of likely N-dealkylation sites (tertiary alicyclic amines) is 1. The summed E-state index contributed by atoms with van der Waals surface area (Å²) in [5.74, 6) is 0.516. The Balaban J connectivity index is 2.81. The number of nitrogens with zero attached hydrogens (tertiary/aromatic N) is 2. The highest BCUT2D eigenvalue weighted by atomic mass is 16.2. The fourth-order valence-electron chi connectivity index (χ4n) is 2.33. The van der Waals surface area contributed by atoms with Crippen molar-refractivity contribution in [3.05, 3.63) is 0 Å². The Morgan fingerprint density at radius 1 is 1.38 bits per heavy atom. The molecule has 0 unspecified atom stereocenters. The van der Waals surface area contributed by atoms with Gasteiger partial charge in [-0.15, -0.1) is 0 Å². The first-order valence-electron chi connectivity index (χ1n) is 6.13. The predicted octanol–water partition coefficient (Wildman–Crippen LogP) is 2.43. The Morgan fingerprint density at radius 2 is 2.00 bits per heavy atom. The lowest BCUT2D eigenvalue weighted by atomic mass is 9.72. The summed E-state index contributed by atoms with van der Waals surface area (Å²) < 4.78 is 0. The van der Waals surface area contributed by atoms with Crippen molar-refractivity contribution in [1.29, 1.82) is 5.26 Å². The van der Waals surface area contributed by atoms with Crippen LogP contribution in [0.2, 0.25) is 0 Å². The summed E-state index contributed by atoms with van der Waals surface area (Å²) in [6, 6.07) is 2.45. The second-order valence-electron chi connectivity index (χ2n) is 5.44. The second-order valence-corrected chi connectivity index (χ2v) is 5.44. The number of nitriles is 1. The highest BCUT2D eigenvalue weighted by molar-refractivity contribution is 5.78. The third-order valence-corrected chi connectivity index (χ3v) is 3.66. The van der Waals surface area contributed by atoms with E-state index in [2.05, 4.69) is 19.9 Å². The molecule has 16 heavy (non-hydrogen) atoms. The molecular weight excluding hydrogens is 200 g/mol. The van der Waals surface area contributed by atoms with Crippen LogP contribution in [-0.4, -0.2) is 23.9 Å². The summed E-state index contributed by atoms with van der Waals surface area (Å²) in [4.78, 5) is 13.8. The maximum atomic E-state index is 11.9. The Bertz CT molecular complexity index is 304. The van der Waals surface area contributed by atoms with Crippen LogP contribution < -0.4 is 0 Å². The summed E-state index contributed by atoms with van der Waals surface area (Å²) >= 11 is 0. The lowest BCUT2D eigenvalue weighted by Gasteiger charge is -2.41. The van der Waals surface area contributed by atoms with Crippen LogP contribution in [0.1, 0.15) is 40.5 Å². The molecule has 1 amide bonds. The molecular formula is C13H22N2O. The van der Waals surface area contributed by atoms with Crippen molar-refractivity contribution in [1.82, 2.24) is 4.90 Å². The summed E-state index contributed by atoms with van der Waals surface area (Å²) in [5, 5.41) is 9.36. The van der Waals surface area contributed by atoms with Gasteiger partial charge in [0.1, 0.15) is 0 Å². The topological polar surface area (TPSA) is 44.1 Å². The zero-order valence-electron chi connectivity index (χ0n) is 10.8. The molecule has 1 rings (SSSR count). The van der Waals surface area contributed by atoms with Gasteiger partial charge < -0.3 is 4.90 Å². The maximum Gasteiger partial charge on any atom is 0.225 e. The SMILES string of the molecule is CC(C)C(=O)N1CCC[C@](C#N)(C(C)C)C1. The molecule has 0 aliphatic carbocycles. The monoisotopic (exact) mass is 222 g/mol. The van der Waals surface area contributed by atoms with E-state index >= 15 is 0 Å². The van der Waals surface area contributed by atoms with Crippen molar-refractivity contribution in [3.63, 3.8) is 0 Å². The molecule has 0 radical (unpaired) electrons. The number of rotatable bonds is 2. The Hall–Kier alpha value is -1.04. The minimum atomic E-state index is -0.331. The number of carbonyl (C=O) groups is 1. The van der Waals surface area contributed by atoms with E-state index in [-0.39, 0.29) is 17.2 Å². The van der Waals surface area contributed by atoms with E-state index in [0.717, 1.165) is 19.4 Å². The molecule has 3 nitrogen and oxygen atoms in total. The van der Waals surface area contributed by atoms with Gasteiger partial charge in [0.25, 0.3) is 0 Å². The number of carbonyl (C=O) groups excluding carboxylic acids is 1. The summed E-state index contributed by atoms with van der Waals surface area (Å²) in [6.07, 6.45) is 1.87. The molecule has 1 aliphatic heterocycles. The highest BCUT2D eigenvalue weighted by Crippen LogP contribution is 2.36. The molecule has 1 saturated heterocycles. The molecule has 90 valence electrons. The van der Waals surface area contributed by atoms with E-state index in [0.29, 0.717) is 12.5 Å². The van der Waals surface area contributed by atoms with E-state index in [4.69, 9.17) is 0 Å². The minimum absolute atomic E-state index is 0.0293. The van der Waals surface area contributed by atoms with Crippen LogP contribution in [0.4, 0.5) is 0 Å². The third kappa shape index (κ3) is 2.37. The van der Waals surface area contributed by atoms with Crippen LogP contribution in [0.15, 0.2) is 0 Å². The van der Waals surface area contributed by atoms with Gasteiger partial charge in [-0.05, 0) is 18.8 Å². The Labute approximate surface area is 98.4 Å². The minimum Gasteiger partial charge on any atom is -0.341 e. The van der Waals surface area contributed by atoms with Gasteiger partial charge in [0, 0.05) is 19.0 Å². The van der Waals surface area contributed by atoms with Gasteiger partial charge in [0.2, 0.25) is 5.91 Å². The zero-order valence-corrected chi connectivity index (χ0v) is 10.8. The van der Waals surface area contributed by atoms with Crippen LogP contribution in [0.5, 0.6) is 0 Å². The number of amides is 1. The fraction of sp³-hybridized carbons (Fsp3) is 0.846. The molecule has 0 aromatic carbocycles. The average Bonchev–Trinajstić information content (AvgIpc) is 2.27. The Morgan fingerprint density at radius 3 is 2.44 bits per heavy atom. The van der Waals surface area contributed by atoms with Crippen molar-refractivity contribution in [3.8, 4) is 6.07 Å². The summed E-state index contributed by atoms with van der Waals surface area (Å²) in [7, 11) is 0. The Kier molecular flexibility index (Phi) is 3.96. The first-order valence-corrected chi connectivity index (χ1v) is 6.13. The zero-order chi connectivity index (χ0) is 12.3. The highest BCUT2D eigenvalue weighted by Gasteiger charge is 2.40. The van der Waals surface area contributed by atoms with E-state index in [9.17, 15) is 10.1 Å². The number of hydrogen-bond donors (Lipinski definition) is 0. The molecule has 0 saturated carbocycles. The van der Waals surface area contributed by atoms with E-state index < -0.39 is 0 Å². The normalized spacial score (nSPS) is 25.9. The molecule has 0 aromatic heterocycles. The molecule has 1 atom stereocenters. The van der Waals surface area contributed by atoms with Crippen molar-refractivity contribution < 1.29 is 4.79 Å². The number of hydrogen-bond acceptors (Lipinski definition) is 2. The maximum absolute atomic E-state index is 11.9. The largest absolute Gasteiger partial charge is 0.341 e. The van der Waals surface area contributed by atoms with Gasteiger partial charge in [-0.3, -0.25) is 4.79 Å². The fourth-order valence-corrected chi connectivity index (χ4v) is 2.33. The third-order valence-electron chi connectivity index (χ3n) is 3.66. The summed E-state index contributed by atoms with van der Waals surface area (Å²) in [5.41, 5.74) is -0.331. The average molecular weight is 222 g/mol. The molecule has 1 aliphatic rings. The van der Waals surface area contributed by atoms with Gasteiger partial charge in [0.15, 0.2) is 0 Å².